The first kappa shape index (κ1) is 34.8. The highest BCUT2D eigenvalue weighted by molar-refractivity contribution is 6.14. The van der Waals surface area contributed by atoms with E-state index in [0.29, 0.717) is 34.0 Å². The Morgan fingerprint density at radius 2 is 0.983 bits per heavy atom. The number of nitriles is 1. The summed E-state index contributed by atoms with van der Waals surface area (Å²) in [7, 11) is 0. The zero-order valence-electron chi connectivity index (χ0n) is 31.8. The summed E-state index contributed by atoms with van der Waals surface area (Å²) in [5.41, 5.74) is 13.2. The molecule has 6 nitrogen and oxygen atoms in total. The number of para-hydroxylation sites is 4. The number of aromatic nitrogens is 2. The number of nitrogens with zero attached hydrogens (tertiary/aromatic N) is 6. The van der Waals surface area contributed by atoms with Crippen LogP contribution < -0.4 is 0 Å². The number of hydrogen-bond donors (Lipinski definition) is 0. The first-order valence-corrected chi connectivity index (χ1v) is 19.1. The maximum atomic E-state index is 10.1. The molecule has 2 aromatic heterocycles. The second kappa shape index (κ2) is 13.8. The fourth-order valence-electron chi connectivity index (χ4n) is 8.73. The fraction of sp³-hybridized carbons (Fsp3) is 0.0189. The summed E-state index contributed by atoms with van der Waals surface area (Å²) in [6.07, 6.45) is 0. The van der Waals surface area contributed by atoms with E-state index in [1.165, 1.54) is 0 Å². The molecule has 0 radical (unpaired) electrons. The third-order valence-electron chi connectivity index (χ3n) is 11.2. The monoisotopic (exact) mass is 750 g/mol. The Morgan fingerprint density at radius 1 is 0.458 bits per heavy atom. The van der Waals surface area contributed by atoms with E-state index in [1.807, 2.05) is 97.9 Å². The van der Waals surface area contributed by atoms with Gasteiger partial charge in [0.15, 0.2) is 11.4 Å². The molecule has 272 valence electrons. The van der Waals surface area contributed by atoms with Crippen LogP contribution in [-0.4, -0.2) is 9.13 Å². The number of hydrogen-bond acceptors (Lipinski definition) is 1. The normalized spacial score (nSPS) is 11.1. The van der Waals surface area contributed by atoms with Crippen LogP contribution in [0.15, 0.2) is 164 Å². The van der Waals surface area contributed by atoms with Crippen molar-refractivity contribution >= 4 is 60.7 Å². The Balaban J connectivity index is 1.36. The molecule has 0 N–H and O–H groups in total. The van der Waals surface area contributed by atoms with Gasteiger partial charge in [-0.05, 0) is 88.3 Å². The Kier molecular flexibility index (Phi) is 8.14. The summed E-state index contributed by atoms with van der Waals surface area (Å²) in [6, 6.07) is 56.7. The summed E-state index contributed by atoms with van der Waals surface area (Å²) in [6.45, 7) is 26.9. The maximum absolute atomic E-state index is 10.1. The predicted octanol–water partition coefficient (Wildman–Crippen LogP) is 14.7. The lowest BCUT2D eigenvalue weighted by Gasteiger charge is -2.21. The molecular formula is C53H30N6. The third-order valence-corrected chi connectivity index (χ3v) is 11.2. The van der Waals surface area contributed by atoms with Gasteiger partial charge in [-0.2, -0.15) is 5.26 Å². The first-order valence-electron chi connectivity index (χ1n) is 19.1. The van der Waals surface area contributed by atoms with Crippen LogP contribution in [0.3, 0.4) is 0 Å². The van der Waals surface area contributed by atoms with Gasteiger partial charge in [0, 0.05) is 21.5 Å². The van der Waals surface area contributed by atoms with E-state index in [4.69, 9.17) is 19.7 Å². The van der Waals surface area contributed by atoms with E-state index in [-0.39, 0.29) is 0 Å². The van der Waals surface area contributed by atoms with Crippen molar-refractivity contribution in [1.82, 2.24) is 9.13 Å². The summed E-state index contributed by atoms with van der Waals surface area (Å²) < 4.78 is 4.37. The average Bonchev–Trinajstić information content (AvgIpc) is 3.80. The Bertz CT molecular complexity index is 3570. The van der Waals surface area contributed by atoms with E-state index >= 15 is 0 Å². The molecule has 0 spiro atoms. The van der Waals surface area contributed by atoms with Crippen molar-refractivity contribution in [2.24, 2.45) is 0 Å². The van der Waals surface area contributed by atoms with Gasteiger partial charge in [-0.15, -0.1) is 0 Å². The summed E-state index contributed by atoms with van der Waals surface area (Å²) in [4.78, 5) is 12.1. The molecule has 2 heterocycles. The van der Waals surface area contributed by atoms with E-state index in [0.717, 1.165) is 82.6 Å². The van der Waals surface area contributed by atoms with E-state index in [9.17, 15) is 5.26 Å². The summed E-state index contributed by atoms with van der Waals surface area (Å²) >= 11 is 0. The SMILES string of the molecule is [C-]#[N+]c1ccccc1-c1ccc2c3ccccc3n(-c3ccc(-c4cc(C)cc(C#N)c4)c(-n4c5ccccc5c5ccc(-c6ccccc6[N+]#[C-])cc54)c3[N+]#[C-])c2c1. The van der Waals surface area contributed by atoms with E-state index in [2.05, 4.69) is 103 Å². The zero-order chi connectivity index (χ0) is 40.2. The van der Waals surface area contributed by atoms with Crippen LogP contribution in [0.4, 0.5) is 17.1 Å². The molecule has 0 fully saturated rings. The number of rotatable bonds is 5. The highest BCUT2D eigenvalue weighted by Crippen LogP contribution is 2.47. The highest BCUT2D eigenvalue weighted by atomic mass is 15.1. The summed E-state index contributed by atoms with van der Waals surface area (Å²) in [5, 5.41) is 14.2. The van der Waals surface area contributed by atoms with Crippen LogP contribution in [-0.2, 0) is 0 Å². The lowest BCUT2D eigenvalue weighted by Crippen LogP contribution is -2.03. The molecule has 0 atom stereocenters. The second-order valence-electron chi connectivity index (χ2n) is 14.6. The summed E-state index contributed by atoms with van der Waals surface area (Å²) in [5.74, 6) is 0. The fourth-order valence-corrected chi connectivity index (χ4v) is 8.73. The van der Waals surface area contributed by atoms with Gasteiger partial charge in [-0.1, -0.05) is 121 Å². The smallest absolute Gasteiger partial charge is 0.234 e. The molecule has 8 aromatic carbocycles. The molecule has 0 bridgehead atoms. The molecule has 10 aromatic rings. The highest BCUT2D eigenvalue weighted by Gasteiger charge is 2.25. The van der Waals surface area contributed by atoms with Crippen molar-refractivity contribution in [3.8, 4) is 50.8 Å². The van der Waals surface area contributed by atoms with Gasteiger partial charge in [0.1, 0.15) is 0 Å². The first-order chi connectivity index (χ1) is 29.0. The van der Waals surface area contributed by atoms with Gasteiger partial charge >= 0.3 is 0 Å². The van der Waals surface area contributed by atoms with Gasteiger partial charge in [-0.25, -0.2) is 14.5 Å². The number of benzene rings is 8. The van der Waals surface area contributed by atoms with Crippen LogP contribution in [0.5, 0.6) is 0 Å². The molecule has 0 amide bonds. The molecule has 0 saturated heterocycles. The Morgan fingerprint density at radius 3 is 1.56 bits per heavy atom. The number of fused-ring (bicyclic) bond motifs is 6. The molecule has 0 aliphatic heterocycles. The molecule has 0 aliphatic rings. The van der Waals surface area contributed by atoms with Gasteiger partial charge in [0.25, 0.3) is 0 Å². The molecule has 0 aliphatic carbocycles. The molecule has 0 saturated carbocycles. The van der Waals surface area contributed by atoms with E-state index < -0.39 is 0 Å². The minimum Gasteiger partial charge on any atom is -0.319 e. The van der Waals surface area contributed by atoms with E-state index in [1.54, 1.807) is 0 Å². The van der Waals surface area contributed by atoms with Gasteiger partial charge in [0.2, 0.25) is 5.69 Å². The van der Waals surface area contributed by atoms with Gasteiger partial charge < -0.3 is 9.13 Å². The molecule has 6 heteroatoms. The topological polar surface area (TPSA) is 46.7 Å². The quantitative estimate of drug-likeness (QED) is 0.162. The van der Waals surface area contributed by atoms with Crippen molar-refractivity contribution < 1.29 is 0 Å². The van der Waals surface area contributed by atoms with Crippen molar-refractivity contribution in [1.29, 1.82) is 5.26 Å². The predicted molar refractivity (Wildman–Crippen MR) is 240 cm³/mol. The lowest BCUT2D eigenvalue weighted by atomic mass is 9.97. The van der Waals surface area contributed by atoms with Crippen LogP contribution in [0.2, 0.25) is 0 Å². The van der Waals surface area contributed by atoms with Gasteiger partial charge in [-0.3, -0.25) is 0 Å². The molecular weight excluding hydrogens is 721 g/mol. The lowest BCUT2D eigenvalue weighted by molar-refractivity contribution is 1.14. The number of aryl methyl sites for hydroxylation is 1. The average molecular weight is 751 g/mol. The van der Waals surface area contributed by atoms with Crippen molar-refractivity contribution in [2.75, 3.05) is 0 Å². The Hall–Kier alpha value is -8.68. The van der Waals surface area contributed by atoms with Crippen molar-refractivity contribution in [3.05, 3.63) is 209 Å². The van der Waals surface area contributed by atoms with Crippen LogP contribution >= 0.6 is 0 Å². The molecule has 59 heavy (non-hydrogen) atoms. The minimum absolute atomic E-state index is 0.437. The maximum Gasteiger partial charge on any atom is 0.234 e. The second-order valence-corrected chi connectivity index (χ2v) is 14.6. The third kappa shape index (κ3) is 5.45. The van der Waals surface area contributed by atoms with Gasteiger partial charge in [0.05, 0.1) is 64.8 Å². The zero-order valence-corrected chi connectivity index (χ0v) is 31.8. The minimum atomic E-state index is 0.437. The van der Waals surface area contributed by atoms with Crippen LogP contribution in [0.25, 0.3) is 103 Å². The Labute approximate surface area is 340 Å². The standard InChI is InChI=1S/C53H30N6/c1-33-27-34(32-54)29-37(28-33)40-25-26-49(58-47-19-11-7-15-41(47)43-23-21-35(30-50(43)58)38-13-5-9-17-45(38)55-2)52(57-4)53(40)59-48-20-12-8-16-42(48)44-24-22-36(31-51(44)59)39-14-6-10-18-46(39)56-3/h5-31H,1H3. The molecule has 10 rings (SSSR count). The van der Waals surface area contributed by atoms with Crippen molar-refractivity contribution in [3.63, 3.8) is 0 Å². The molecule has 0 unspecified atom stereocenters. The van der Waals surface area contributed by atoms with Crippen molar-refractivity contribution in [2.45, 2.75) is 6.92 Å². The largest absolute Gasteiger partial charge is 0.319 e. The van der Waals surface area contributed by atoms with Crippen LogP contribution in [0.1, 0.15) is 11.1 Å². The van der Waals surface area contributed by atoms with Crippen LogP contribution in [0, 0.1) is 38.0 Å².